The number of aromatic nitrogens is 4. The SMILES string of the molecule is c1csc(-c2cnnn2C2CCNCC2)n1. The summed E-state index contributed by atoms with van der Waals surface area (Å²) in [5.74, 6) is 0. The van der Waals surface area contributed by atoms with E-state index in [-0.39, 0.29) is 0 Å². The molecular formula is C10H13N5S. The number of hydrogen-bond donors (Lipinski definition) is 1. The average Bonchev–Trinajstić information content (AvgIpc) is 3.01. The van der Waals surface area contributed by atoms with E-state index in [9.17, 15) is 0 Å². The molecule has 5 nitrogen and oxygen atoms in total. The smallest absolute Gasteiger partial charge is 0.143 e. The van der Waals surface area contributed by atoms with Gasteiger partial charge in [0.1, 0.15) is 10.7 Å². The first-order valence-electron chi connectivity index (χ1n) is 5.46. The summed E-state index contributed by atoms with van der Waals surface area (Å²) in [6.45, 7) is 2.11. The van der Waals surface area contributed by atoms with Gasteiger partial charge < -0.3 is 5.32 Å². The van der Waals surface area contributed by atoms with Crippen molar-refractivity contribution in [1.29, 1.82) is 0 Å². The minimum atomic E-state index is 0.461. The van der Waals surface area contributed by atoms with Gasteiger partial charge in [-0.05, 0) is 25.9 Å². The Hall–Kier alpha value is -1.27. The fraction of sp³-hybridized carbons (Fsp3) is 0.500. The van der Waals surface area contributed by atoms with Gasteiger partial charge in [0.15, 0.2) is 0 Å². The van der Waals surface area contributed by atoms with Crippen molar-refractivity contribution in [2.24, 2.45) is 0 Å². The first kappa shape index (κ1) is 9.92. The lowest BCUT2D eigenvalue weighted by atomic mass is 10.1. The predicted molar refractivity (Wildman–Crippen MR) is 62.3 cm³/mol. The Kier molecular flexibility index (Phi) is 2.67. The van der Waals surface area contributed by atoms with E-state index < -0.39 is 0 Å². The van der Waals surface area contributed by atoms with Crippen molar-refractivity contribution in [3.63, 3.8) is 0 Å². The summed E-state index contributed by atoms with van der Waals surface area (Å²) in [5, 5.41) is 14.6. The molecule has 84 valence electrons. The third kappa shape index (κ3) is 1.74. The molecule has 0 spiro atoms. The Labute approximate surface area is 97.5 Å². The van der Waals surface area contributed by atoms with Gasteiger partial charge in [0, 0.05) is 11.6 Å². The lowest BCUT2D eigenvalue weighted by molar-refractivity contribution is 0.340. The highest BCUT2D eigenvalue weighted by Gasteiger charge is 2.20. The second-order valence-corrected chi connectivity index (χ2v) is 4.78. The summed E-state index contributed by atoms with van der Waals surface area (Å²) >= 11 is 1.63. The predicted octanol–water partition coefficient (Wildman–Crippen LogP) is 1.33. The van der Waals surface area contributed by atoms with Gasteiger partial charge >= 0.3 is 0 Å². The van der Waals surface area contributed by atoms with Crippen molar-refractivity contribution in [3.8, 4) is 10.7 Å². The lowest BCUT2D eigenvalue weighted by Gasteiger charge is -2.23. The second-order valence-electron chi connectivity index (χ2n) is 3.88. The molecule has 1 fully saturated rings. The van der Waals surface area contributed by atoms with E-state index in [1.807, 2.05) is 16.3 Å². The summed E-state index contributed by atoms with van der Waals surface area (Å²) in [4.78, 5) is 4.32. The second kappa shape index (κ2) is 4.31. The van der Waals surface area contributed by atoms with Gasteiger partial charge in [-0.3, -0.25) is 0 Å². The van der Waals surface area contributed by atoms with Crippen LogP contribution in [0.4, 0.5) is 0 Å². The maximum atomic E-state index is 4.32. The number of nitrogens with one attached hydrogen (secondary N) is 1. The van der Waals surface area contributed by atoms with Gasteiger partial charge in [0.05, 0.1) is 12.2 Å². The third-order valence-corrected chi connectivity index (χ3v) is 3.68. The molecule has 3 rings (SSSR count). The maximum absolute atomic E-state index is 4.32. The van der Waals surface area contributed by atoms with Crippen LogP contribution in [0.3, 0.4) is 0 Å². The van der Waals surface area contributed by atoms with Crippen molar-refractivity contribution >= 4 is 11.3 Å². The average molecular weight is 235 g/mol. The minimum absolute atomic E-state index is 0.461. The summed E-state index contributed by atoms with van der Waals surface area (Å²) in [6.07, 6.45) is 5.85. The zero-order chi connectivity index (χ0) is 10.8. The lowest BCUT2D eigenvalue weighted by Crippen LogP contribution is -2.30. The van der Waals surface area contributed by atoms with Crippen LogP contribution >= 0.6 is 11.3 Å². The van der Waals surface area contributed by atoms with Crippen LogP contribution in [0.1, 0.15) is 18.9 Å². The minimum Gasteiger partial charge on any atom is -0.317 e. The molecule has 1 aliphatic rings. The monoisotopic (exact) mass is 235 g/mol. The number of hydrogen-bond acceptors (Lipinski definition) is 5. The highest BCUT2D eigenvalue weighted by Crippen LogP contribution is 2.26. The van der Waals surface area contributed by atoms with E-state index in [2.05, 4.69) is 20.6 Å². The Bertz CT molecular complexity index is 443. The maximum Gasteiger partial charge on any atom is 0.143 e. The van der Waals surface area contributed by atoms with Crippen LogP contribution in [0.5, 0.6) is 0 Å². The molecule has 0 saturated carbocycles. The van der Waals surface area contributed by atoms with Crippen molar-refractivity contribution < 1.29 is 0 Å². The number of rotatable bonds is 2. The molecule has 2 aromatic rings. The van der Waals surface area contributed by atoms with Crippen LogP contribution in [0.2, 0.25) is 0 Å². The van der Waals surface area contributed by atoms with Gasteiger partial charge in [-0.1, -0.05) is 5.21 Å². The van der Waals surface area contributed by atoms with Crippen LogP contribution < -0.4 is 5.32 Å². The van der Waals surface area contributed by atoms with E-state index in [1.54, 1.807) is 17.5 Å². The third-order valence-electron chi connectivity index (χ3n) is 2.88. The normalized spacial score (nSPS) is 17.8. The quantitative estimate of drug-likeness (QED) is 0.853. The fourth-order valence-corrected chi connectivity index (χ4v) is 2.71. The summed E-state index contributed by atoms with van der Waals surface area (Å²) in [7, 11) is 0. The van der Waals surface area contributed by atoms with Crippen molar-refractivity contribution in [3.05, 3.63) is 17.8 Å². The van der Waals surface area contributed by atoms with E-state index >= 15 is 0 Å². The van der Waals surface area contributed by atoms with Crippen LogP contribution in [-0.2, 0) is 0 Å². The number of thiazole rings is 1. The summed E-state index contributed by atoms with van der Waals surface area (Å²) < 4.78 is 2.03. The Balaban J connectivity index is 1.92. The summed E-state index contributed by atoms with van der Waals surface area (Å²) in [6, 6.07) is 0.461. The van der Waals surface area contributed by atoms with Gasteiger partial charge in [-0.15, -0.1) is 16.4 Å². The Morgan fingerprint density at radius 1 is 1.38 bits per heavy atom. The van der Waals surface area contributed by atoms with Crippen LogP contribution in [-0.4, -0.2) is 33.1 Å². The molecule has 0 radical (unpaired) electrons. The van der Waals surface area contributed by atoms with Crippen LogP contribution in [0.15, 0.2) is 17.8 Å². The molecule has 0 aliphatic carbocycles. The molecule has 16 heavy (non-hydrogen) atoms. The number of piperidine rings is 1. The molecule has 3 heterocycles. The molecule has 1 aliphatic heterocycles. The van der Waals surface area contributed by atoms with E-state index in [4.69, 9.17) is 0 Å². The number of nitrogens with zero attached hydrogens (tertiary/aromatic N) is 4. The summed E-state index contributed by atoms with van der Waals surface area (Å²) in [5.41, 5.74) is 1.04. The van der Waals surface area contributed by atoms with Gasteiger partial charge in [0.2, 0.25) is 0 Å². The molecule has 0 atom stereocenters. The first-order chi connectivity index (χ1) is 7.95. The van der Waals surface area contributed by atoms with E-state index in [0.717, 1.165) is 36.6 Å². The largest absolute Gasteiger partial charge is 0.317 e. The Morgan fingerprint density at radius 3 is 3.00 bits per heavy atom. The van der Waals surface area contributed by atoms with Crippen molar-refractivity contribution in [1.82, 2.24) is 25.3 Å². The van der Waals surface area contributed by atoms with Gasteiger partial charge in [-0.2, -0.15) is 0 Å². The molecule has 0 bridgehead atoms. The molecule has 1 N–H and O–H groups in total. The Morgan fingerprint density at radius 2 is 2.25 bits per heavy atom. The van der Waals surface area contributed by atoms with Gasteiger partial charge in [0.25, 0.3) is 0 Å². The molecule has 2 aromatic heterocycles. The van der Waals surface area contributed by atoms with Crippen molar-refractivity contribution in [2.45, 2.75) is 18.9 Å². The first-order valence-corrected chi connectivity index (χ1v) is 6.34. The molecule has 6 heteroatoms. The van der Waals surface area contributed by atoms with E-state index in [1.165, 1.54) is 0 Å². The zero-order valence-electron chi connectivity index (χ0n) is 8.83. The highest BCUT2D eigenvalue weighted by molar-refractivity contribution is 7.13. The topological polar surface area (TPSA) is 55.6 Å². The van der Waals surface area contributed by atoms with Crippen LogP contribution in [0, 0.1) is 0 Å². The molecular weight excluding hydrogens is 222 g/mol. The van der Waals surface area contributed by atoms with Crippen LogP contribution in [0.25, 0.3) is 10.7 Å². The van der Waals surface area contributed by atoms with Gasteiger partial charge in [-0.25, -0.2) is 9.67 Å². The fourth-order valence-electron chi connectivity index (χ4n) is 2.07. The zero-order valence-corrected chi connectivity index (χ0v) is 9.65. The molecule has 0 amide bonds. The highest BCUT2D eigenvalue weighted by atomic mass is 32.1. The molecule has 0 unspecified atom stereocenters. The standard InChI is InChI=1S/C10H13N5S/c1-3-11-4-2-8(1)15-9(7-13-14-15)10-12-5-6-16-10/h5-8,11H,1-4H2. The molecule has 1 saturated heterocycles. The van der Waals surface area contributed by atoms with Crippen molar-refractivity contribution in [2.75, 3.05) is 13.1 Å². The molecule has 0 aromatic carbocycles. The van der Waals surface area contributed by atoms with E-state index in [0.29, 0.717) is 6.04 Å².